The Morgan fingerprint density at radius 3 is 2.65 bits per heavy atom. The Balaban J connectivity index is 1.46. The Morgan fingerprint density at radius 2 is 1.88 bits per heavy atom. The van der Waals surface area contributed by atoms with Crippen molar-refractivity contribution in [2.45, 2.75) is 44.7 Å². The molecule has 0 aliphatic carbocycles. The summed E-state index contributed by atoms with van der Waals surface area (Å²) in [5, 5.41) is 4.69. The molecule has 2 aliphatic rings. The van der Waals surface area contributed by atoms with Gasteiger partial charge in [-0.2, -0.15) is 5.10 Å². The summed E-state index contributed by atoms with van der Waals surface area (Å²) in [4.78, 5) is 20.1. The molecule has 1 saturated heterocycles. The maximum Gasteiger partial charge on any atom is 0.273 e. The summed E-state index contributed by atoms with van der Waals surface area (Å²) in [7, 11) is 1.71. The zero-order chi connectivity index (χ0) is 23.7. The zero-order valence-electron chi connectivity index (χ0n) is 18.7. The second-order valence-electron chi connectivity index (χ2n) is 9.11. The Morgan fingerprint density at radius 1 is 1.12 bits per heavy atom. The van der Waals surface area contributed by atoms with Gasteiger partial charge >= 0.3 is 0 Å². The highest BCUT2D eigenvalue weighted by Crippen LogP contribution is 2.45. The van der Waals surface area contributed by atoms with Gasteiger partial charge in [0.2, 0.25) is 0 Å². The number of piperidine rings is 1. The van der Waals surface area contributed by atoms with Crippen molar-refractivity contribution in [3.8, 4) is 11.3 Å². The van der Waals surface area contributed by atoms with Gasteiger partial charge in [0.1, 0.15) is 11.3 Å². The number of pyridine rings is 1. The molecule has 0 saturated carbocycles. The maximum atomic E-state index is 14.0. The second kappa shape index (κ2) is 7.44. The monoisotopic (exact) mass is 465 g/mol. The van der Waals surface area contributed by atoms with Crippen molar-refractivity contribution >= 4 is 11.6 Å². The Hall–Kier alpha value is -3.62. The largest absolute Gasteiger partial charge is 0.325 e. The molecule has 0 N–H and O–H groups in total. The number of amides is 1. The van der Waals surface area contributed by atoms with Crippen LogP contribution in [0.25, 0.3) is 16.9 Å². The molecular formula is C25H22F3N5O. The number of carbonyl (C=O) groups is 1. The predicted molar refractivity (Wildman–Crippen MR) is 119 cm³/mol. The van der Waals surface area contributed by atoms with Crippen LogP contribution >= 0.6 is 0 Å². The van der Waals surface area contributed by atoms with Gasteiger partial charge in [-0.3, -0.25) is 13.9 Å². The Labute approximate surface area is 193 Å². The third kappa shape index (κ3) is 2.92. The van der Waals surface area contributed by atoms with Gasteiger partial charge in [-0.15, -0.1) is 0 Å². The van der Waals surface area contributed by atoms with Gasteiger partial charge in [0, 0.05) is 29.9 Å². The minimum Gasteiger partial charge on any atom is -0.325 e. The number of benzene rings is 1. The van der Waals surface area contributed by atoms with Crippen LogP contribution in [0.1, 0.15) is 52.7 Å². The summed E-state index contributed by atoms with van der Waals surface area (Å²) in [5.74, 6) is -4.06. The number of fused-ring (bicyclic) bond motifs is 5. The molecule has 3 aromatic heterocycles. The van der Waals surface area contributed by atoms with Gasteiger partial charge in [-0.05, 0) is 56.9 Å². The standard InChI is InChI=1S/C25H22F3N5O/c1-13-5-3-8-21-29-12-20(32(13)21)25(34)33-15-6-4-7-19(33)23-16(11-15)24(31(2)30-23)14-9-17(26)22(28)18(27)10-14/h3,5,8-10,12,15,19H,4,6-7,11H2,1-2H3. The number of nitrogens with zero attached hydrogens (tertiary/aromatic N) is 5. The lowest BCUT2D eigenvalue weighted by Gasteiger charge is -2.45. The van der Waals surface area contributed by atoms with Gasteiger partial charge in [-0.1, -0.05) is 6.07 Å². The number of carbonyl (C=O) groups excluding carboxylic acids is 1. The van der Waals surface area contributed by atoms with Crippen LogP contribution in [0.4, 0.5) is 13.2 Å². The van der Waals surface area contributed by atoms with E-state index >= 15 is 0 Å². The third-order valence-corrected chi connectivity index (χ3v) is 7.11. The third-order valence-electron chi connectivity index (χ3n) is 7.11. The highest BCUT2D eigenvalue weighted by molar-refractivity contribution is 5.94. The number of hydrogen-bond donors (Lipinski definition) is 0. The normalized spacial score (nSPS) is 19.5. The highest BCUT2D eigenvalue weighted by atomic mass is 19.2. The van der Waals surface area contributed by atoms with Crippen LogP contribution < -0.4 is 0 Å². The van der Waals surface area contributed by atoms with Gasteiger partial charge in [0.05, 0.1) is 23.6 Å². The van der Waals surface area contributed by atoms with Crippen molar-refractivity contribution in [3.63, 3.8) is 0 Å². The SMILES string of the molecule is Cc1cccc2ncc(C(=O)N3C4CCCC3c3nn(C)c(-c5cc(F)c(F)c(F)c5)c3C4)n12. The Kier molecular flexibility index (Phi) is 4.59. The summed E-state index contributed by atoms with van der Waals surface area (Å²) in [6.45, 7) is 1.94. The summed E-state index contributed by atoms with van der Waals surface area (Å²) in [5.41, 5.74) is 4.53. The molecule has 0 radical (unpaired) electrons. The molecule has 2 atom stereocenters. The van der Waals surface area contributed by atoms with Crippen molar-refractivity contribution in [1.82, 2.24) is 24.1 Å². The van der Waals surface area contributed by atoms with Crippen LogP contribution in [-0.4, -0.2) is 36.0 Å². The molecular weight excluding hydrogens is 443 g/mol. The first-order valence-electron chi connectivity index (χ1n) is 11.3. The topological polar surface area (TPSA) is 55.4 Å². The second-order valence-corrected chi connectivity index (χ2v) is 9.11. The smallest absolute Gasteiger partial charge is 0.273 e. The molecule has 2 aliphatic heterocycles. The van der Waals surface area contributed by atoms with Gasteiger partial charge in [0.25, 0.3) is 5.91 Å². The van der Waals surface area contributed by atoms with Crippen molar-refractivity contribution < 1.29 is 18.0 Å². The first-order chi connectivity index (χ1) is 16.3. The fraction of sp³-hybridized carbons (Fsp3) is 0.320. The number of halogens is 3. The summed E-state index contributed by atoms with van der Waals surface area (Å²) < 4.78 is 45.0. The molecule has 1 amide bonds. The first kappa shape index (κ1) is 20.9. The number of imidazole rings is 1. The lowest BCUT2D eigenvalue weighted by molar-refractivity contribution is 0.0384. The average Bonchev–Trinajstić information content (AvgIpc) is 3.38. The van der Waals surface area contributed by atoms with Crippen molar-refractivity contribution in [3.05, 3.63) is 76.6 Å². The lowest BCUT2D eigenvalue weighted by Crippen LogP contribution is -2.50. The van der Waals surface area contributed by atoms with E-state index in [1.807, 2.05) is 34.4 Å². The molecule has 1 aromatic carbocycles. The minimum absolute atomic E-state index is 0.0774. The van der Waals surface area contributed by atoms with Crippen LogP contribution in [0.3, 0.4) is 0 Å². The number of hydrogen-bond acceptors (Lipinski definition) is 3. The zero-order valence-corrected chi connectivity index (χ0v) is 18.7. The number of aromatic nitrogens is 4. The maximum absolute atomic E-state index is 14.0. The van der Waals surface area contributed by atoms with E-state index in [1.54, 1.807) is 17.9 Å². The van der Waals surface area contributed by atoms with Gasteiger partial charge in [-0.25, -0.2) is 18.2 Å². The van der Waals surface area contributed by atoms with E-state index < -0.39 is 17.5 Å². The van der Waals surface area contributed by atoms with Crippen LogP contribution in [0.2, 0.25) is 0 Å². The summed E-state index contributed by atoms with van der Waals surface area (Å²) in [6, 6.07) is 7.39. The van der Waals surface area contributed by atoms with Gasteiger partial charge in [0.15, 0.2) is 17.5 Å². The molecule has 6 nitrogen and oxygen atoms in total. The lowest BCUT2D eigenvalue weighted by atomic mass is 9.81. The summed E-state index contributed by atoms with van der Waals surface area (Å²) >= 11 is 0. The Bertz CT molecular complexity index is 1450. The van der Waals surface area contributed by atoms with Crippen molar-refractivity contribution in [1.29, 1.82) is 0 Å². The van der Waals surface area contributed by atoms with E-state index in [4.69, 9.17) is 0 Å². The molecule has 34 heavy (non-hydrogen) atoms. The summed E-state index contributed by atoms with van der Waals surface area (Å²) in [6.07, 6.45) is 4.64. The number of aryl methyl sites for hydroxylation is 2. The molecule has 174 valence electrons. The van der Waals surface area contributed by atoms with E-state index in [9.17, 15) is 18.0 Å². The van der Waals surface area contributed by atoms with E-state index in [0.29, 0.717) is 23.5 Å². The van der Waals surface area contributed by atoms with E-state index in [2.05, 4.69) is 10.1 Å². The van der Waals surface area contributed by atoms with Crippen LogP contribution in [0, 0.1) is 24.4 Å². The molecule has 0 spiro atoms. The highest BCUT2D eigenvalue weighted by Gasteiger charge is 2.44. The molecule has 2 unspecified atom stereocenters. The average molecular weight is 465 g/mol. The fourth-order valence-corrected chi connectivity index (χ4v) is 5.69. The molecule has 6 rings (SSSR count). The predicted octanol–water partition coefficient (Wildman–Crippen LogP) is 4.75. The molecule has 1 fully saturated rings. The first-order valence-corrected chi connectivity index (χ1v) is 11.3. The quantitative estimate of drug-likeness (QED) is 0.402. The van der Waals surface area contributed by atoms with Crippen molar-refractivity contribution in [2.75, 3.05) is 0 Å². The van der Waals surface area contributed by atoms with Crippen LogP contribution in [0.5, 0.6) is 0 Å². The molecule has 2 bridgehead atoms. The van der Waals surface area contributed by atoms with E-state index in [0.717, 1.165) is 48.3 Å². The van der Waals surface area contributed by atoms with E-state index in [1.165, 1.54) is 0 Å². The number of rotatable bonds is 2. The molecule has 4 aromatic rings. The minimum atomic E-state index is -1.49. The van der Waals surface area contributed by atoms with Crippen molar-refractivity contribution in [2.24, 2.45) is 7.05 Å². The van der Waals surface area contributed by atoms with Gasteiger partial charge < -0.3 is 4.90 Å². The van der Waals surface area contributed by atoms with E-state index in [-0.39, 0.29) is 23.6 Å². The van der Waals surface area contributed by atoms with Crippen LogP contribution in [0.15, 0.2) is 36.5 Å². The molecule has 9 heteroatoms. The fourth-order valence-electron chi connectivity index (χ4n) is 5.69. The molecule has 5 heterocycles. The van der Waals surface area contributed by atoms with Crippen LogP contribution in [-0.2, 0) is 13.5 Å².